The van der Waals surface area contributed by atoms with Crippen LogP contribution in [0.2, 0.25) is 5.02 Å². The van der Waals surface area contributed by atoms with Gasteiger partial charge in [0.05, 0.1) is 11.9 Å². The maximum Gasteiger partial charge on any atom is 0.253 e. The number of rotatable bonds is 6. The maximum absolute atomic E-state index is 12.0. The van der Waals surface area contributed by atoms with Gasteiger partial charge in [0.1, 0.15) is 11.9 Å². The summed E-state index contributed by atoms with van der Waals surface area (Å²) in [5, 5.41) is 6.84. The van der Waals surface area contributed by atoms with Crippen LogP contribution in [0.15, 0.2) is 42.6 Å². The Bertz CT molecular complexity index is 668. The molecule has 1 aromatic carbocycles. The second kappa shape index (κ2) is 8.13. The zero-order valence-electron chi connectivity index (χ0n) is 13.3. The number of aromatic nitrogens is 1. The fourth-order valence-electron chi connectivity index (χ4n) is 2.57. The molecule has 2 N–H and O–H groups in total. The predicted octanol–water partition coefficient (Wildman–Crippen LogP) is 3.51. The minimum Gasteiger partial charge on any atom is -0.370 e. The van der Waals surface area contributed by atoms with E-state index >= 15 is 0 Å². The van der Waals surface area contributed by atoms with Gasteiger partial charge in [-0.3, -0.25) is 4.79 Å². The average molecular weight is 346 g/mol. The van der Waals surface area contributed by atoms with Crippen molar-refractivity contribution in [2.24, 2.45) is 0 Å². The molecule has 6 heteroatoms. The number of nitrogens with zero attached hydrogens (tertiary/aromatic N) is 1. The van der Waals surface area contributed by atoms with Crippen molar-refractivity contribution in [2.45, 2.75) is 25.4 Å². The molecule has 0 spiro atoms. The first kappa shape index (κ1) is 16.7. The second-order valence-corrected chi connectivity index (χ2v) is 6.16. The second-order valence-electron chi connectivity index (χ2n) is 5.73. The molecule has 24 heavy (non-hydrogen) atoms. The zero-order valence-corrected chi connectivity index (χ0v) is 14.1. The Hall–Kier alpha value is -2.11. The summed E-state index contributed by atoms with van der Waals surface area (Å²) in [5.74, 6) is 0.678. The summed E-state index contributed by atoms with van der Waals surface area (Å²) in [5.41, 5.74) is 1.89. The van der Waals surface area contributed by atoms with Crippen LogP contribution >= 0.6 is 11.6 Å². The molecule has 1 atom stereocenters. The SMILES string of the molecule is O=C(Nc1ccc(NCCc2ccc(Cl)cc2)nc1)C1CCCO1. The molecule has 5 nitrogen and oxygen atoms in total. The van der Waals surface area contributed by atoms with Crippen molar-refractivity contribution in [3.63, 3.8) is 0 Å². The Balaban J connectivity index is 1.45. The van der Waals surface area contributed by atoms with Crippen LogP contribution in [0, 0.1) is 0 Å². The lowest BCUT2D eigenvalue weighted by molar-refractivity contribution is -0.124. The summed E-state index contributed by atoms with van der Waals surface area (Å²) in [6.07, 6.45) is 3.92. The number of ether oxygens (including phenoxy) is 1. The van der Waals surface area contributed by atoms with Crippen LogP contribution in [0.3, 0.4) is 0 Å². The highest BCUT2D eigenvalue weighted by atomic mass is 35.5. The van der Waals surface area contributed by atoms with Crippen LogP contribution in [0.1, 0.15) is 18.4 Å². The van der Waals surface area contributed by atoms with E-state index in [9.17, 15) is 4.79 Å². The summed E-state index contributed by atoms with van der Waals surface area (Å²) < 4.78 is 5.36. The lowest BCUT2D eigenvalue weighted by Crippen LogP contribution is -2.26. The van der Waals surface area contributed by atoms with Gasteiger partial charge in [-0.25, -0.2) is 4.98 Å². The zero-order chi connectivity index (χ0) is 16.8. The molecule has 1 aromatic heterocycles. The molecular weight excluding hydrogens is 326 g/mol. The molecule has 1 saturated heterocycles. The van der Waals surface area contributed by atoms with Gasteiger partial charge in [0.2, 0.25) is 0 Å². The largest absolute Gasteiger partial charge is 0.370 e. The van der Waals surface area contributed by atoms with Gasteiger partial charge in [0, 0.05) is 18.2 Å². The van der Waals surface area contributed by atoms with Crippen molar-refractivity contribution in [1.82, 2.24) is 4.98 Å². The van der Waals surface area contributed by atoms with E-state index in [1.165, 1.54) is 5.56 Å². The maximum atomic E-state index is 12.0. The first-order valence-corrected chi connectivity index (χ1v) is 8.45. The molecule has 1 amide bonds. The average Bonchev–Trinajstić information content (AvgIpc) is 3.13. The molecule has 1 unspecified atom stereocenters. The molecule has 0 aliphatic carbocycles. The van der Waals surface area contributed by atoms with E-state index in [0.717, 1.165) is 36.6 Å². The molecule has 126 valence electrons. The highest BCUT2D eigenvalue weighted by molar-refractivity contribution is 6.30. The highest BCUT2D eigenvalue weighted by Crippen LogP contribution is 2.16. The third kappa shape index (κ3) is 4.69. The lowest BCUT2D eigenvalue weighted by atomic mass is 10.1. The molecule has 1 fully saturated rings. The third-order valence-corrected chi connectivity index (χ3v) is 4.14. The minimum atomic E-state index is -0.331. The summed E-state index contributed by atoms with van der Waals surface area (Å²) in [6.45, 7) is 1.43. The Labute approximate surface area is 146 Å². The number of carbonyl (C=O) groups is 1. The third-order valence-electron chi connectivity index (χ3n) is 3.89. The topological polar surface area (TPSA) is 63.2 Å². The summed E-state index contributed by atoms with van der Waals surface area (Å²) in [4.78, 5) is 16.3. The molecule has 2 heterocycles. The first-order valence-electron chi connectivity index (χ1n) is 8.07. The molecule has 0 saturated carbocycles. The van der Waals surface area contributed by atoms with Gasteiger partial charge >= 0.3 is 0 Å². The Morgan fingerprint density at radius 2 is 2.08 bits per heavy atom. The predicted molar refractivity (Wildman–Crippen MR) is 95.5 cm³/mol. The Morgan fingerprint density at radius 3 is 2.75 bits per heavy atom. The lowest BCUT2D eigenvalue weighted by Gasteiger charge is -2.11. The molecule has 0 bridgehead atoms. The molecule has 1 aliphatic heterocycles. The van der Waals surface area contributed by atoms with E-state index in [1.807, 2.05) is 36.4 Å². The molecule has 1 aliphatic rings. The fraction of sp³-hybridized carbons (Fsp3) is 0.333. The normalized spacial score (nSPS) is 16.8. The van der Waals surface area contributed by atoms with E-state index in [0.29, 0.717) is 12.3 Å². The van der Waals surface area contributed by atoms with Crippen molar-refractivity contribution in [1.29, 1.82) is 0 Å². The first-order chi connectivity index (χ1) is 11.7. The van der Waals surface area contributed by atoms with Gasteiger partial charge < -0.3 is 15.4 Å². The summed E-state index contributed by atoms with van der Waals surface area (Å²) in [6, 6.07) is 11.5. The monoisotopic (exact) mass is 345 g/mol. The summed E-state index contributed by atoms with van der Waals surface area (Å²) >= 11 is 5.87. The standard InChI is InChI=1S/C18H20ClN3O2/c19-14-5-3-13(4-6-14)9-10-20-17-8-7-15(12-21-17)22-18(23)16-2-1-11-24-16/h3-8,12,16H,1-2,9-11H2,(H,20,21)(H,22,23). The van der Waals surface area contributed by atoms with Crippen LogP contribution in [0.25, 0.3) is 0 Å². The van der Waals surface area contributed by atoms with E-state index in [-0.39, 0.29) is 12.0 Å². The van der Waals surface area contributed by atoms with Gasteiger partial charge in [-0.2, -0.15) is 0 Å². The number of benzene rings is 1. The van der Waals surface area contributed by atoms with Gasteiger partial charge in [0.25, 0.3) is 5.91 Å². The van der Waals surface area contributed by atoms with Crippen molar-refractivity contribution in [2.75, 3.05) is 23.8 Å². The van der Waals surface area contributed by atoms with Crippen molar-refractivity contribution in [3.8, 4) is 0 Å². The number of hydrogen-bond acceptors (Lipinski definition) is 4. The van der Waals surface area contributed by atoms with E-state index in [1.54, 1.807) is 6.20 Å². The van der Waals surface area contributed by atoms with Crippen LogP contribution < -0.4 is 10.6 Å². The molecule has 3 rings (SSSR count). The number of pyridine rings is 1. The number of hydrogen-bond donors (Lipinski definition) is 2. The van der Waals surface area contributed by atoms with Gasteiger partial charge in [-0.15, -0.1) is 0 Å². The highest BCUT2D eigenvalue weighted by Gasteiger charge is 2.23. The number of halogens is 1. The quantitative estimate of drug-likeness (QED) is 0.841. The Morgan fingerprint density at radius 1 is 1.25 bits per heavy atom. The van der Waals surface area contributed by atoms with Crippen LogP contribution in [-0.4, -0.2) is 30.1 Å². The van der Waals surface area contributed by atoms with Crippen LogP contribution in [-0.2, 0) is 16.0 Å². The van der Waals surface area contributed by atoms with Crippen molar-refractivity contribution >= 4 is 29.0 Å². The number of nitrogens with one attached hydrogen (secondary N) is 2. The number of carbonyl (C=O) groups excluding carboxylic acids is 1. The van der Waals surface area contributed by atoms with E-state index < -0.39 is 0 Å². The minimum absolute atomic E-state index is 0.0993. The summed E-state index contributed by atoms with van der Waals surface area (Å²) in [7, 11) is 0. The van der Waals surface area contributed by atoms with Gasteiger partial charge in [-0.05, 0) is 49.1 Å². The van der Waals surface area contributed by atoms with E-state index in [2.05, 4.69) is 15.6 Å². The van der Waals surface area contributed by atoms with Crippen LogP contribution in [0.5, 0.6) is 0 Å². The van der Waals surface area contributed by atoms with Gasteiger partial charge in [0.15, 0.2) is 0 Å². The molecule has 0 radical (unpaired) electrons. The number of anilines is 2. The van der Waals surface area contributed by atoms with Crippen molar-refractivity contribution in [3.05, 3.63) is 53.2 Å². The van der Waals surface area contributed by atoms with Crippen LogP contribution in [0.4, 0.5) is 11.5 Å². The molecular formula is C18H20ClN3O2. The van der Waals surface area contributed by atoms with Gasteiger partial charge in [-0.1, -0.05) is 23.7 Å². The van der Waals surface area contributed by atoms with E-state index in [4.69, 9.17) is 16.3 Å². The van der Waals surface area contributed by atoms with Crippen molar-refractivity contribution < 1.29 is 9.53 Å². The smallest absolute Gasteiger partial charge is 0.253 e. The Kier molecular flexibility index (Phi) is 5.67. The fourth-order valence-corrected chi connectivity index (χ4v) is 2.69. The number of amides is 1. The molecule has 2 aromatic rings.